The van der Waals surface area contributed by atoms with Crippen LogP contribution in [0.15, 0.2) is 0 Å². The summed E-state index contributed by atoms with van der Waals surface area (Å²) in [5.74, 6) is 2.88. The number of hydrogen-bond acceptors (Lipinski definition) is 2. The van der Waals surface area contributed by atoms with Crippen molar-refractivity contribution < 1.29 is 0 Å². The SMILES string of the molecule is Cc1nn(C)c(CC2CC(C(C)C)CCC2CN)c1Cl. The van der Waals surface area contributed by atoms with Crippen LogP contribution in [0.3, 0.4) is 0 Å². The maximum absolute atomic E-state index is 6.41. The van der Waals surface area contributed by atoms with Gasteiger partial charge in [0.25, 0.3) is 0 Å². The van der Waals surface area contributed by atoms with Crippen molar-refractivity contribution in [2.45, 2.75) is 46.5 Å². The van der Waals surface area contributed by atoms with Gasteiger partial charge in [-0.1, -0.05) is 25.4 Å². The molecule has 0 aliphatic heterocycles. The summed E-state index contributed by atoms with van der Waals surface area (Å²) >= 11 is 6.41. The number of aryl methyl sites for hydroxylation is 2. The van der Waals surface area contributed by atoms with Crippen molar-refractivity contribution in [1.82, 2.24) is 9.78 Å². The van der Waals surface area contributed by atoms with E-state index in [0.717, 1.165) is 35.5 Å². The number of rotatable bonds is 4. The number of nitrogens with two attached hydrogens (primary N) is 1. The lowest BCUT2D eigenvalue weighted by Crippen LogP contribution is -2.33. The molecule has 3 atom stereocenters. The zero-order valence-electron chi connectivity index (χ0n) is 13.2. The second-order valence-corrected chi connectivity index (χ2v) is 7.12. The Morgan fingerprint density at radius 3 is 2.55 bits per heavy atom. The van der Waals surface area contributed by atoms with Gasteiger partial charge in [-0.05, 0) is 62.8 Å². The van der Waals surface area contributed by atoms with E-state index in [0.29, 0.717) is 11.8 Å². The first-order valence-electron chi connectivity index (χ1n) is 7.82. The molecule has 3 unspecified atom stereocenters. The summed E-state index contributed by atoms with van der Waals surface area (Å²) < 4.78 is 1.95. The first-order valence-corrected chi connectivity index (χ1v) is 8.19. The van der Waals surface area contributed by atoms with Gasteiger partial charge in [0.15, 0.2) is 0 Å². The smallest absolute Gasteiger partial charge is 0.0847 e. The summed E-state index contributed by atoms with van der Waals surface area (Å²) in [5, 5.41) is 5.28. The van der Waals surface area contributed by atoms with E-state index < -0.39 is 0 Å². The molecule has 1 heterocycles. The maximum Gasteiger partial charge on any atom is 0.0847 e. The van der Waals surface area contributed by atoms with Crippen LogP contribution in [0.1, 0.15) is 44.5 Å². The van der Waals surface area contributed by atoms with E-state index in [2.05, 4.69) is 18.9 Å². The molecule has 1 aliphatic rings. The highest BCUT2D eigenvalue weighted by atomic mass is 35.5. The van der Waals surface area contributed by atoms with Crippen molar-refractivity contribution in [1.29, 1.82) is 0 Å². The number of nitrogens with zero attached hydrogens (tertiary/aromatic N) is 2. The van der Waals surface area contributed by atoms with Gasteiger partial charge >= 0.3 is 0 Å². The van der Waals surface area contributed by atoms with Gasteiger partial charge in [-0.2, -0.15) is 5.10 Å². The minimum Gasteiger partial charge on any atom is -0.330 e. The van der Waals surface area contributed by atoms with Crippen LogP contribution in [0.5, 0.6) is 0 Å². The lowest BCUT2D eigenvalue weighted by atomic mass is 9.69. The van der Waals surface area contributed by atoms with Crippen molar-refractivity contribution in [3.63, 3.8) is 0 Å². The predicted molar refractivity (Wildman–Crippen MR) is 84.9 cm³/mol. The average molecular weight is 298 g/mol. The van der Waals surface area contributed by atoms with Crippen LogP contribution < -0.4 is 5.73 Å². The summed E-state index contributed by atoms with van der Waals surface area (Å²) in [6, 6.07) is 0. The van der Waals surface area contributed by atoms with E-state index in [9.17, 15) is 0 Å². The minimum atomic E-state index is 0.635. The fourth-order valence-corrected chi connectivity index (χ4v) is 3.92. The van der Waals surface area contributed by atoms with Gasteiger partial charge in [0, 0.05) is 7.05 Å². The summed E-state index contributed by atoms with van der Waals surface area (Å²) in [6.45, 7) is 7.45. The maximum atomic E-state index is 6.41. The zero-order chi connectivity index (χ0) is 14.9. The Morgan fingerprint density at radius 2 is 2.05 bits per heavy atom. The Hall–Kier alpha value is -0.540. The van der Waals surface area contributed by atoms with Gasteiger partial charge < -0.3 is 5.73 Å². The topological polar surface area (TPSA) is 43.8 Å². The lowest BCUT2D eigenvalue weighted by molar-refractivity contribution is 0.149. The molecule has 0 amide bonds. The minimum absolute atomic E-state index is 0.635. The van der Waals surface area contributed by atoms with E-state index in [1.807, 2.05) is 18.7 Å². The molecule has 114 valence electrons. The standard InChI is InChI=1S/C16H28ClN3/c1-10(2)12-5-6-13(9-18)14(7-12)8-15-16(17)11(3)19-20(15)4/h10,12-14H,5-9,18H2,1-4H3. The van der Waals surface area contributed by atoms with Crippen LogP contribution in [-0.4, -0.2) is 16.3 Å². The summed E-state index contributed by atoms with van der Waals surface area (Å²) in [6.07, 6.45) is 4.88. The van der Waals surface area contributed by atoms with Crippen LogP contribution in [-0.2, 0) is 13.5 Å². The highest BCUT2D eigenvalue weighted by molar-refractivity contribution is 6.31. The van der Waals surface area contributed by atoms with Gasteiger partial charge in [0.1, 0.15) is 0 Å². The molecule has 3 nitrogen and oxygen atoms in total. The van der Waals surface area contributed by atoms with Crippen LogP contribution in [0.25, 0.3) is 0 Å². The van der Waals surface area contributed by atoms with E-state index >= 15 is 0 Å². The van der Waals surface area contributed by atoms with E-state index in [4.69, 9.17) is 17.3 Å². The molecule has 1 saturated carbocycles. The Kier molecular flexibility index (Phi) is 5.14. The number of halogens is 1. The number of aromatic nitrogens is 2. The Bertz CT molecular complexity index is 453. The van der Waals surface area contributed by atoms with Crippen molar-refractivity contribution in [3.8, 4) is 0 Å². The second kappa shape index (κ2) is 6.48. The predicted octanol–water partition coefficient (Wildman–Crippen LogP) is 3.57. The normalized spacial score (nSPS) is 27.2. The molecule has 0 saturated heterocycles. The first kappa shape index (κ1) is 15.8. The third-order valence-electron chi connectivity index (χ3n) is 5.14. The molecule has 0 aromatic carbocycles. The molecule has 1 aliphatic carbocycles. The lowest BCUT2D eigenvalue weighted by Gasteiger charge is -2.37. The molecular formula is C16H28ClN3. The second-order valence-electron chi connectivity index (χ2n) is 6.75. The van der Waals surface area contributed by atoms with Crippen molar-refractivity contribution >= 4 is 11.6 Å². The molecule has 1 fully saturated rings. The Balaban J connectivity index is 2.15. The number of hydrogen-bond donors (Lipinski definition) is 1. The molecule has 0 spiro atoms. The third kappa shape index (κ3) is 3.20. The monoisotopic (exact) mass is 297 g/mol. The quantitative estimate of drug-likeness (QED) is 0.923. The molecule has 4 heteroatoms. The van der Waals surface area contributed by atoms with E-state index in [1.54, 1.807) is 0 Å². The van der Waals surface area contributed by atoms with Crippen LogP contribution >= 0.6 is 11.6 Å². The van der Waals surface area contributed by atoms with Crippen molar-refractivity contribution in [2.75, 3.05) is 6.54 Å². The molecule has 0 radical (unpaired) electrons. The zero-order valence-corrected chi connectivity index (χ0v) is 14.0. The van der Waals surface area contributed by atoms with E-state index in [1.165, 1.54) is 25.0 Å². The highest BCUT2D eigenvalue weighted by Crippen LogP contribution is 2.39. The largest absolute Gasteiger partial charge is 0.330 e. The van der Waals surface area contributed by atoms with Gasteiger partial charge in [-0.15, -0.1) is 0 Å². The molecule has 0 bridgehead atoms. The van der Waals surface area contributed by atoms with Gasteiger partial charge in [0.05, 0.1) is 16.4 Å². The van der Waals surface area contributed by atoms with E-state index in [-0.39, 0.29) is 0 Å². The van der Waals surface area contributed by atoms with Gasteiger partial charge in [-0.25, -0.2) is 0 Å². The molecule has 2 N–H and O–H groups in total. The summed E-state index contributed by atoms with van der Waals surface area (Å²) in [7, 11) is 1.99. The molecule has 2 rings (SSSR count). The molecular weight excluding hydrogens is 270 g/mol. The Labute approximate surface area is 127 Å². The van der Waals surface area contributed by atoms with Crippen LogP contribution in [0.4, 0.5) is 0 Å². The Morgan fingerprint density at radius 1 is 1.35 bits per heavy atom. The summed E-state index contributed by atoms with van der Waals surface area (Å²) in [4.78, 5) is 0. The van der Waals surface area contributed by atoms with Crippen LogP contribution in [0, 0.1) is 30.6 Å². The van der Waals surface area contributed by atoms with Gasteiger partial charge in [0.2, 0.25) is 0 Å². The molecule has 1 aromatic rings. The first-order chi connectivity index (χ1) is 9.43. The van der Waals surface area contributed by atoms with Crippen LogP contribution in [0.2, 0.25) is 5.02 Å². The summed E-state index contributed by atoms with van der Waals surface area (Å²) in [5.41, 5.74) is 8.11. The third-order valence-corrected chi connectivity index (χ3v) is 5.63. The fraction of sp³-hybridized carbons (Fsp3) is 0.812. The average Bonchev–Trinajstić information content (AvgIpc) is 2.65. The highest BCUT2D eigenvalue weighted by Gasteiger charge is 2.32. The fourth-order valence-electron chi connectivity index (χ4n) is 3.68. The van der Waals surface area contributed by atoms with Crippen molar-refractivity contribution in [3.05, 3.63) is 16.4 Å². The van der Waals surface area contributed by atoms with Crippen molar-refractivity contribution in [2.24, 2.45) is 36.5 Å². The van der Waals surface area contributed by atoms with Gasteiger partial charge in [-0.3, -0.25) is 4.68 Å². The molecule has 20 heavy (non-hydrogen) atoms. The molecule has 1 aromatic heterocycles.